The second-order valence-corrected chi connectivity index (χ2v) is 3.33. The highest BCUT2D eigenvalue weighted by Gasteiger charge is 2.16. The summed E-state index contributed by atoms with van der Waals surface area (Å²) in [5.74, 6) is -1.83. The van der Waals surface area contributed by atoms with Gasteiger partial charge in [-0.25, -0.2) is 4.79 Å². The lowest BCUT2D eigenvalue weighted by molar-refractivity contribution is -0.142. The highest BCUT2D eigenvalue weighted by atomic mass is 16.4. The molecule has 17 heavy (non-hydrogen) atoms. The van der Waals surface area contributed by atoms with E-state index in [4.69, 9.17) is 10.2 Å². The van der Waals surface area contributed by atoms with Crippen molar-refractivity contribution < 1.29 is 19.8 Å². The molecule has 5 heteroatoms. The molecule has 0 aromatic heterocycles. The first-order valence-electron chi connectivity index (χ1n) is 5.01. The predicted molar refractivity (Wildman–Crippen MR) is 62.1 cm³/mol. The Morgan fingerprint density at radius 3 is 2.47 bits per heavy atom. The van der Waals surface area contributed by atoms with E-state index in [2.05, 4.69) is 5.32 Å². The maximum Gasteiger partial charge on any atom is 0.328 e. The zero-order valence-corrected chi connectivity index (χ0v) is 9.04. The van der Waals surface area contributed by atoms with Crippen molar-refractivity contribution in [2.45, 2.75) is 6.04 Å². The van der Waals surface area contributed by atoms with E-state index in [0.717, 1.165) is 5.56 Å². The van der Waals surface area contributed by atoms with Crippen molar-refractivity contribution in [3.8, 4) is 0 Å². The maximum atomic E-state index is 11.3. The highest BCUT2D eigenvalue weighted by molar-refractivity contribution is 5.94. The van der Waals surface area contributed by atoms with Crippen molar-refractivity contribution in [3.63, 3.8) is 0 Å². The van der Waals surface area contributed by atoms with Gasteiger partial charge in [0, 0.05) is 6.08 Å². The van der Waals surface area contributed by atoms with Crippen LogP contribution in [0, 0.1) is 0 Å². The third kappa shape index (κ3) is 4.48. The van der Waals surface area contributed by atoms with Gasteiger partial charge in [-0.3, -0.25) is 4.79 Å². The Bertz CT molecular complexity index is 414. The number of carbonyl (C=O) groups is 2. The Balaban J connectivity index is 2.55. The quantitative estimate of drug-likeness (QED) is 0.639. The third-order valence-corrected chi connectivity index (χ3v) is 2.02. The van der Waals surface area contributed by atoms with E-state index in [0.29, 0.717) is 0 Å². The number of amides is 1. The van der Waals surface area contributed by atoms with Gasteiger partial charge in [0.2, 0.25) is 5.91 Å². The summed E-state index contributed by atoms with van der Waals surface area (Å²) >= 11 is 0. The van der Waals surface area contributed by atoms with Crippen molar-refractivity contribution in [3.05, 3.63) is 42.0 Å². The molecule has 0 fully saturated rings. The van der Waals surface area contributed by atoms with Gasteiger partial charge in [-0.2, -0.15) is 0 Å². The molecule has 0 aliphatic rings. The van der Waals surface area contributed by atoms with Crippen LogP contribution in [0.15, 0.2) is 36.4 Å². The first kappa shape index (κ1) is 12.9. The zero-order valence-electron chi connectivity index (χ0n) is 9.04. The number of carboxylic acid groups (broad SMARTS) is 1. The van der Waals surface area contributed by atoms with Crippen molar-refractivity contribution in [1.29, 1.82) is 0 Å². The van der Waals surface area contributed by atoms with Crippen LogP contribution in [0.2, 0.25) is 0 Å². The molecule has 5 nitrogen and oxygen atoms in total. The summed E-state index contributed by atoms with van der Waals surface area (Å²) in [6.45, 7) is -0.639. The van der Waals surface area contributed by atoms with Gasteiger partial charge in [-0.1, -0.05) is 30.3 Å². The van der Waals surface area contributed by atoms with Gasteiger partial charge in [-0.15, -0.1) is 0 Å². The van der Waals surface area contributed by atoms with Gasteiger partial charge in [-0.05, 0) is 11.6 Å². The van der Waals surface area contributed by atoms with E-state index in [9.17, 15) is 9.59 Å². The van der Waals surface area contributed by atoms with E-state index < -0.39 is 24.5 Å². The van der Waals surface area contributed by atoms with Gasteiger partial charge in [0.1, 0.15) is 0 Å². The molecule has 0 aliphatic carbocycles. The lowest BCUT2D eigenvalue weighted by atomic mass is 10.2. The first-order chi connectivity index (χ1) is 8.13. The third-order valence-electron chi connectivity index (χ3n) is 2.02. The van der Waals surface area contributed by atoms with E-state index in [1.165, 1.54) is 6.08 Å². The molecular formula is C12H13NO4. The number of hydrogen-bond donors (Lipinski definition) is 3. The smallest absolute Gasteiger partial charge is 0.328 e. The average molecular weight is 235 g/mol. The number of aliphatic hydroxyl groups excluding tert-OH is 1. The van der Waals surface area contributed by atoms with Crippen molar-refractivity contribution >= 4 is 18.0 Å². The minimum Gasteiger partial charge on any atom is -0.480 e. The standard InChI is InChI=1S/C12H13NO4/c14-8-10(12(16)17)13-11(15)7-6-9-4-2-1-3-5-9/h1-7,10,14H,8H2,(H,13,15)(H,16,17)/t10-/m0/s1. The van der Waals surface area contributed by atoms with E-state index in [-0.39, 0.29) is 0 Å². The minimum absolute atomic E-state index is 0.560. The molecule has 0 saturated heterocycles. The van der Waals surface area contributed by atoms with Gasteiger partial charge >= 0.3 is 5.97 Å². The Labute approximate surface area is 98.4 Å². The Morgan fingerprint density at radius 1 is 1.29 bits per heavy atom. The second-order valence-electron chi connectivity index (χ2n) is 3.33. The molecule has 0 heterocycles. The minimum atomic E-state index is -1.28. The molecule has 3 N–H and O–H groups in total. The van der Waals surface area contributed by atoms with Gasteiger partial charge < -0.3 is 15.5 Å². The number of carboxylic acids is 1. The molecule has 1 aromatic carbocycles. The number of aliphatic carboxylic acids is 1. The van der Waals surface area contributed by atoms with E-state index in [1.54, 1.807) is 6.08 Å². The summed E-state index contributed by atoms with van der Waals surface area (Å²) in [4.78, 5) is 21.9. The van der Waals surface area contributed by atoms with Crippen LogP contribution in [-0.2, 0) is 9.59 Å². The van der Waals surface area contributed by atoms with Gasteiger partial charge in [0.25, 0.3) is 0 Å². The average Bonchev–Trinajstić information content (AvgIpc) is 2.34. The molecule has 1 atom stereocenters. The van der Waals surface area contributed by atoms with E-state index >= 15 is 0 Å². The molecule has 1 rings (SSSR count). The van der Waals surface area contributed by atoms with Gasteiger partial charge in [0.15, 0.2) is 6.04 Å². The van der Waals surface area contributed by atoms with Crippen LogP contribution in [0.25, 0.3) is 6.08 Å². The number of hydrogen-bond acceptors (Lipinski definition) is 3. The van der Waals surface area contributed by atoms with Crippen LogP contribution in [0.4, 0.5) is 0 Å². The Hall–Kier alpha value is -2.14. The van der Waals surface area contributed by atoms with Crippen LogP contribution < -0.4 is 5.32 Å². The Morgan fingerprint density at radius 2 is 1.94 bits per heavy atom. The molecular weight excluding hydrogens is 222 g/mol. The molecule has 0 aliphatic heterocycles. The lowest BCUT2D eigenvalue weighted by Gasteiger charge is -2.08. The number of aliphatic hydroxyl groups is 1. The lowest BCUT2D eigenvalue weighted by Crippen LogP contribution is -2.42. The van der Waals surface area contributed by atoms with Crippen LogP contribution >= 0.6 is 0 Å². The highest BCUT2D eigenvalue weighted by Crippen LogP contribution is 2.00. The summed E-state index contributed by atoms with van der Waals surface area (Å²) < 4.78 is 0. The fourth-order valence-corrected chi connectivity index (χ4v) is 1.14. The number of benzene rings is 1. The summed E-state index contributed by atoms with van der Waals surface area (Å²) in [5, 5.41) is 19.5. The van der Waals surface area contributed by atoms with Crippen LogP contribution in [0.1, 0.15) is 5.56 Å². The fraction of sp³-hybridized carbons (Fsp3) is 0.167. The monoisotopic (exact) mass is 235 g/mol. The number of carbonyl (C=O) groups excluding carboxylic acids is 1. The SMILES string of the molecule is O=C(C=Cc1ccccc1)N[C@@H](CO)C(=O)O. The summed E-state index contributed by atoms with van der Waals surface area (Å²) in [5.41, 5.74) is 0.832. The number of nitrogens with one attached hydrogen (secondary N) is 1. The summed E-state index contributed by atoms with van der Waals surface area (Å²) in [6, 6.07) is 7.85. The van der Waals surface area contributed by atoms with Crippen molar-refractivity contribution in [2.75, 3.05) is 6.61 Å². The molecule has 0 saturated carbocycles. The topological polar surface area (TPSA) is 86.6 Å². The second kappa shape index (κ2) is 6.44. The zero-order chi connectivity index (χ0) is 12.7. The first-order valence-corrected chi connectivity index (χ1v) is 5.01. The molecule has 0 bridgehead atoms. The van der Waals surface area contributed by atoms with Crippen molar-refractivity contribution in [1.82, 2.24) is 5.32 Å². The largest absolute Gasteiger partial charge is 0.480 e. The normalized spacial score (nSPS) is 12.3. The maximum absolute atomic E-state index is 11.3. The van der Waals surface area contributed by atoms with Crippen molar-refractivity contribution in [2.24, 2.45) is 0 Å². The Kier molecular flexibility index (Phi) is 4.90. The molecule has 1 amide bonds. The predicted octanol–water partition coefficient (Wildman–Crippen LogP) is 0.261. The molecule has 90 valence electrons. The molecule has 0 spiro atoms. The van der Waals surface area contributed by atoms with Crippen LogP contribution in [-0.4, -0.2) is 34.7 Å². The fourth-order valence-electron chi connectivity index (χ4n) is 1.14. The number of rotatable bonds is 5. The van der Waals surface area contributed by atoms with Crippen LogP contribution in [0.3, 0.4) is 0 Å². The molecule has 0 radical (unpaired) electrons. The molecule has 1 aromatic rings. The summed E-state index contributed by atoms with van der Waals surface area (Å²) in [7, 11) is 0. The van der Waals surface area contributed by atoms with Gasteiger partial charge in [0.05, 0.1) is 6.61 Å². The van der Waals surface area contributed by atoms with Crippen LogP contribution in [0.5, 0.6) is 0 Å². The summed E-state index contributed by atoms with van der Waals surface area (Å²) in [6.07, 6.45) is 2.78. The molecule has 0 unspecified atom stereocenters. The van der Waals surface area contributed by atoms with E-state index in [1.807, 2.05) is 30.3 Å².